The van der Waals surface area contributed by atoms with Gasteiger partial charge in [-0.25, -0.2) is 4.79 Å². The largest absolute Gasteiger partial charge is 0.444 e. The van der Waals surface area contributed by atoms with Crippen LogP contribution in [0.4, 0.5) is 16.2 Å². The second-order valence-corrected chi connectivity index (χ2v) is 4.92. The Morgan fingerprint density at radius 2 is 2.00 bits per heavy atom. The van der Waals surface area contributed by atoms with Crippen molar-refractivity contribution in [1.29, 1.82) is 0 Å². The molecule has 5 nitrogen and oxygen atoms in total. The number of carbonyl (C=O) groups excluding carboxylic acids is 2. The van der Waals surface area contributed by atoms with Gasteiger partial charge in [0.25, 0.3) is 0 Å². The van der Waals surface area contributed by atoms with E-state index in [0.717, 1.165) is 5.56 Å². The summed E-state index contributed by atoms with van der Waals surface area (Å²) >= 11 is 0. The molecular weight excluding hydrogens is 232 g/mol. The van der Waals surface area contributed by atoms with E-state index >= 15 is 0 Å². The lowest BCUT2D eigenvalue weighted by atomic mass is 10.2. The molecule has 0 aliphatic rings. The van der Waals surface area contributed by atoms with E-state index in [1.807, 2.05) is 6.92 Å². The monoisotopic (exact) mass is 250 g/mol. The van der Waals surface area contributed by atoms with E-state index in [4.69, 9.17) is 4.74 Å². The first-order chi connectivity index (χ1) is 8.31. The van der Waals surface area contributed by atoms with Crippen molar-refractivity contribution in [1.82, 2.24) is 0 Å². The molecule has 0 saturated carbocycles. The van der Waals surface area contributed by atoms with Crippen LogP contribution in [0.2, 0.25) is 0 Å². The third kappa shape index (κ3) is 4.45. The maximum Gasteiger partial charge on any atom is 0.412 e. The lowest BCUT2D eigenvalue weighted by molar-refractivity contribution is -0.105. The molecule has 0 saturated heterocycles. The van der Waals surface area contributed by atoms with Gasteiger partial charge >= 0.3 is 6.09 Å². The summed E-state index contributed by atoms with van der Waals surface area (Å²) in [6, 6.07) is 5.18. The number of nitrogens with one attached hydrogen (secondary N) is 2. The van der Waals surface area contributed by atoms with Crippen molar-refractivity contribution in [2.75, 3.05) is 10.6 Å². The van der Waals surface area contributed by atoms with Crippen LogP contribution in [0.3, 0.4) is 0 Å². The van der Waals surface area contributed by atoms with Gasteiger partial charge in [0.05, 0.1) is 0 Å². The first-order valence-corrected chi connectivity index (χ1v) is 5.62. The van der Waals surface area contributed by atoms with Gasteiger partial charge in [-0.05, 0) is 51.5 Å². The fourth-order valence-corrected chi connectivity index (χ4v) is 1.38. The van der Waals surface area contributed by atoms with Crippen molar-refractivity contribution in [2.24, 2.45) is 0 Å². The summed E-state index contributed by atoms with van der Waals surface area (Å²) in [4.78, 5) is 21.9. The van der Waals surface area contributed by atoms with Crippen LogP contribution in [-0.2, 0) is 9.53 Å². The zero-order chi connectivity index (χ0) is 13.8. The number of hydrogen-bond donors (Lipinski definition) is 2. The molecular formula is C13H18N2O3. The minimum Gasteiger partial charge on any atom is -0.444 e. The number of ether oxygens (including phenoxy) is 1. The molecule has 18 heavy (non-hydrogen) atoms. The van der Waals surface area contributed by atoms with Gasteiger partial charge in [0.15, 0.2) is 0 Å². The number of anilines is 2. The van der Waals surface area contributed by atoms with Gasteiger partial charge in [-0.15, -0.1) is 0 Å². The Morgan fingerprint density at radius 1 is 1.33 bits per heavy atom. The Hall–Kier alpha value is -2.04. The minimum atomic E-state index is -0.531. The molecule has 0 fully saturated rings. The van der Waals surface area contributed by atoms with Gasteiger partial charge in [-0.2, -0.15) is 0 Å². The summed E-state index contributed by atoms with van der Waals surface area (Å²) in [7, 11) is 0. The van der Waals surface area contributed by atoms with Crippen molar-refractivity contribution < 1.29 is 14.3 Å². The Bertz CT molecular complexity index is 450. The van der Waals surface area contributed by atoms with E-state index < -0.39 is 11.7 Å². The highest BCUT2D eigenvalue weighted by molar-refractivity contribution is 5.86. The molecule has 1 aromatic carbocycles. The van der Waals surface area contributed by atoms with Gasteiger partial charge in [0, 0.05) is 11.4 Å². The van der Waals surface area contributed by atoms with E-state index in [2.05, 4.69) is 10.6 Å². The third-order valence-electron chi connectivity index (χ3n) is 2.09. The molecule has 0 radical (unpaired) electrons. The number of carbonyl (C=O) groups is 2. The van der Waals surface area contributed by atoms with Crippen molar-refractivity contribution in [3.8, 4) is 0 Å². The van der Waals surface area contributed by atoms with E-state index in [1.54, 1.807) is 39.0 Å². The van der Waals surface area contributed by atoms with Gasteiger partial charge in [0.1, 0.15) is 5.60 Å². The van der Waals surface area contributed by atoms with Crippen LogP contribution in [-0.4, -0.2) is 18.1 Å². The van der Waals surface area contributed by atoms with Crippen molar-refractivity contribution >= 4 is 23.9 Å². The highest BCUT2D eigenvalue weighted by Crippen LogP contribution is 2.20. The number of benzene rings is 1. The van der Waals surface area contributed by atoms with Crippen molar-refractivity contribution in [3.05, 3.63) is 23.8 Å². The fraction of sp³-hybridized carbons (Fsp3) is 0.385. The summed E-state index contributed by atoms with van der Waals surface area (Å²) in [5.41, 5.74) is 1.64. The summed E-state index contributed by atoms with van der Waals surface area (Å²) in [5, 5.41) is 5.20. The Labute approximate surface area is 107 Å². The lowest BCUT2D eigenvalue weighted by Gasteiger charge is -2.20. The summed E-state index contributed by atoms with van der Waals surface area (Å²) in [5.74, 6) is 0. The van der Waals surface area contributed by atoms with E-state index in [-0.39, 0.29) is 0 Å². The molecule has 1 aromatic rings. The van der Waals surface area contributed by atoms with Crippen molar-refractivity contribution in [3.63, 3.8) is 0 Å². The summed E-state index contributed by atoms with van der Waals surface area (Å²) in [6.07, 6.45) is 0.108. The molecule has 1 rings (SSSR count). The third-order valence-corrected chi connectivity index (χ3v) is 2.09. The molecule has 0 aromatic heterocycles. The zero-order valence-corrected chi connectivity index (χ0v) is 11.0. The fourth-order valence-electron chi connectivity index (χ4n) is 1.38. The minimum absolute atomic E-state index is 0.498. The molecule has 98 valence electrons. The van der Waals surface area contributed by atoms with Crippen LogP contribution in [0.15, 0.2) is 18.2 Å². The maximum absolute atomic E-state index is 11.6. The highest BCUT2D eigenvalue weighted by Gasteiger charge is 2.16. The molecule has 2 amide bonds. The van der Waals surface area contributed by atoms with Crippen LogP contribution in [0.25, 0.3) is 0 Å². The van der Waals surface area contributed by atoms with E-state index in [1.165, 1.54) is 0 Å². The van der Waals surface area contributed by atoms with E-state index in [9.17, 15) is 9.59 Å². The van der Waals surface area contributed by atoms with Crippen LogP contribution < -0.4 is 10.6 Å². The Morgan fingerprint density at radius 3 is 2.50 bits per heavy atom. The van der Waals surface area contributed by atoms with Gasteiger partial charge in [-0.1, -0.05) is 0 Å². The molecule has 0 aliphatic heterocycles. The van der Waals surface area contributed by atoms with Crippen molar-refractivity contribution in [2.45, 2.75) is 33.3 Å². The van der Waals surface area contributed by atoms with Crippen LogP contribution in [0, 0.1) is 6.92 Å². The average molecular weight is 250 g/mol. The van der Waals surface area contributed by atoms with Crippen LogP contribution in [0.5, 0.6) is 0 Å². The highest BCUT2D eigenvalue weighted by atomic mass is 16.6. The number of hydrogen-bond acceptors (Lipinski definition) is 3. The summed E-state index contributed by atoms with van der Waals surface area (Å²) in [6.45, 7) is 7.24. The predicted octanol–water partition coefficient (Wildman–Crippen LogP) is 2.91. The van der Waals surface area contributed by atoms with Gasteiger partial charge < -0.3 is 10.1 Å². The lowest BCUT2D eigenvalue weighted by Crippen LogP contribution is -2.27. The second-order valence-electron chi connectivity index (χ2n) is 4.92. The molecule has 0 atom stereocenters. The Kier molecular flexibility index (Phi) is 4.31. The first-order valence-electron chi connectivity index (χ1n) is 5.62. The standard InChI is InChI=1S/C13H18N2O3/c1-9-7-10(14-8-16)5-6-11(9)15-12(17)18-13(2,3)4/h5-8H,1-4H3,(H,14,16)(H,15,17). The van der Waals surface area contributed by atoms with Gasteiger partial charge in [-0.3, -0.25) is 10.1 Å². The van der Waals surface area contributed by atoms with Crippen LogP contribution in [0.1, 0.15) is 26.3 Å². The Balaban J connectivity index is 2.73. The number of amides is 2. The molecule has 0 aliphatic carbocycles. The van der Waals surface area contributed by atoms with Gasteiger partial charge in [0.2, 0.25) is 6.41 Å². The quantitative estimate of drug-likeness (QED) is 0.810. The molecule has 2 N–H and O–H groups in total. The smallest absolute Gasteiger partial charge is 0.412 e. The zero-order valence-electron chi connectivity index (χ0n) is 11.0. The molecule has 0 heterocycles. The molecule has 0 spiro atoms. The van der Waals surface area contributed by atoms with Crippen LogP contribution >= 0.6 is 0 Å². The second kappa shape index (κ2) is 5.53. The number of aryl methyl sites for hydroxylation is 1. The average Bonchev–Trinajstić information content (AvgIpc) is 2.20. The first kappa shape index (κ1) is 14.0. The normalized spacial score (nSPS) is 10.7. The SMILES string of the molecule is Cc1cc(NC=O)ccc1NC(=O)OC(C)(C)C. The molecule has 5 heteroatoms. The maximum atomic E-state index is 11.6. The van der Waals surface area contributed by atoms with E-state index in [0.29, 0.717) is 17.8 Å². The molecule has 0 unspecified atom stereocenters. The predicted molar refractivity (Wildman–Crippen MR) is 70.7 cm³/mol. The summed E-state index contributed by atoms with van der Waals surface area (Å²) < 4.78 is 5.15. The topological polar surface area (TPSA) is 67.4 Å². The number of rotatable bonds is 3. The molecule has 0 bridgehead atoms.